The molecule has 8 nitrogen and oxygen atoms in total. The van der Waals surface area contributed by atoms with E-state index in [1.807, 2.05) is 24.3 Å². The quantitative estimate of drug-likeness (QED) is 0.493. The zero-order chi connectivity index (χ0) is 23.4. The van der Waals surface area contributed by atoms with E-state index in [4.69, 9.17) is 9.47 Å². The Labute approximate surface area is 195 Å². The van der Waals surface area contributed by atoms with Gasteiger partial charge in [-0.05, 0) is 36.2 Å². The molecule has 2 amide bonds. The molecular weight excluding hydrogens is 442 g/mol. The van der Waals surface area contributed by atoms with E-state index in [0.29, 0.717) is 22.3 Å². The van der Waals surface area contributed by atoms with Crippen molar-refractivity contribution < 1.29 is 23.9 Å². The number of anilines is 3. The van der Waals surface area contributed by atoms with Gasteiger partial charge < -0.3 is 9.47 Å². The number of aromatic nitrogens is 1. The van der Waals surface area contributed by atoms with Crippen molar-refractivity contribution in [2.45, 2.75) is 26.9 Å². The normalized spacial score (nSPS) is 12.7. The first kappa shape index (κ1) is 22.5. The Balaban J connectivity index is 1.40. The van der Waals surface area contributed by atoms with Crippen LogP contribution in [0.15, 0.2) is 53.9 Å². The maximum absolute atomic E-state index is 12.4. The summed E-state index contributed by atoms with van der Waals surface area (Å²) in [6.07, 6.45) is 0.911. The molecule has 0 radical (unpaired) electrons. The molecule has 0 N–H and O–H groups in total. The second kappa shape index (κ2) is 9.83. The number of hydrogen-bond donors (Lipinski definition) is 0. The molecule has 0 saturated heterocycles. The van der Waals surface area contributed by atoms with E-state index in [9.17, 15) is 14.4 Å². The number of rotatable bonds is 7. The standard InChI is InChI=1S/C24H23N3O5S/c1-3-17-8-10-19(11-9-17)27(16(2)28)24-25-18(15-33-24)13-32-23(30)12-26-20-6-4-5-7-21(20)31-14-22(26)29/h4-11,15H,3,12-14H2,1-2H3. The number of nitrogens with zero attached hydrogens (tertiary/aromatic N) is 3. The lowest BCUT2D eigenvalue weighted by Gasteiger charge is -2.28. The van der Waals surface area contributed by atoms with E-state index in [1.165, 1.54) is 33.6 Å². The van der Waals surface area contributed by atoms with Gasteiger partial charge in [-0.1, -0.05) is 31.2 Å². The molecule has 0 unspecified atom stereocenters. The largest absolute Gasteiger partial charge is 0.482 e. The van der Waals surface area contributed by atoms with Gasteiger partial charge in [-0.25, -0.2) is 4.98 Å². The molecule has 0 aliphatic carbocycles. The Morgan fingerprint density at radius 3 is 2.67 bits per heavy atom. The number of benzene rings is 2. The van der Waals surface area contributed by atoms with Crippen LogP contribution in [-0.2, 0) is 32.1 Å². The molecule has 3 aromatic rings. The molecule has 1 aliphatic heterocycles. The Kier molecular flexibility index (Phi) is 6.69. The second-order valence-electron chi connectivity index (χ2n) is 7.39. The smallest absolute Gasteiger partial charge is 0.326 e. The number of aryl methyl sites for hydroxylation is 1. The Hall–Kier alpha value is -3.72. The summed E-state index contributed by atoms with van der Waals surface area (Å²) in [6.45, 7) is 3.14. The van der Waals surface area contributed by atoms with Gasteiger partial charge >= 0.3 is 5.97 Å². The number of carbonyl (C=O) groups is 3. The van der Waals surface area contributed by atoms with Crippen molar-refractivity contribution in [3.8, 4) is 5.75 Å². The van der Waals surface area contributed by atoms with Crippen LogP contribution in [-0.4, -0.2) is 35.9 Å². The summed E-state index contributed by atoms with van der Waals surface area (Å²) in [5, 5.41) is 2.24. The number of ether oxygens (including phenoxy) is 2. The molecule has 4 rings (SSSR count). The van der Waals surface area contributed by atoms with Crippen LogP contribution in [0.2, 0.25) is 0 Å². The maximum Gasteiger partial charge on any atom is 0.326 e. The van der Waals surface area contributed by atoms with Gasteiger partial charge in [0.05, 0.1) is 17.1 Å². The first-order valence-electron chi connectivity index (χ1n) is 10.5. The first-order valence-corrected chi connectivity index (χ1v) is 11.4. The minimum absolute atomic E-state index is 0.0595. The number of amides is 2. The van der Waals surface area contributed by atoms with Gasteiger partial charge in [0, 0.05) is 12.3 Å². The molecule has 0 bridgehead atoms. The third-order valence-corrected chi connectivity index (χ3v) is 6.00. The van der Waals surface area contributed by atoms with Crippen molar-refractivity contribution in [1.29, 1.82) is 0 Å². The highest BCUT2D eigenvalue weighted by Crippen LogP contribution is 2.32. The van der Waals surface area contributed by atoms with Crippen LogP contribution in [0.3, 0.4) is 0 Å². The lowest BCUT2D eigenvalue weighted by Crippen LogP contribution is -2.42. The predicted octanol–water partition coefficient (Wildman–Crippen LogP) is 3.86. The fourth-order valence-electron chi connectivity index (χ4n) is 3.43. The van der Waals surface area contributed by atoms with Gasteiger partial charge in [0.2, 0.25) is 5.91 Å². The van der Waals surface area contributed by atoms with Crippen LogP contribution in [0.1, 0.15) is 25.1 Å². The predicted molar refractivity (Wildman–Crippen MR) is 125 cm³/mol. The lowest BCUT2D eigenvalue weighted by atomic mass is 10.1. The van der Waals surface area contributed by atoms with Crippen LogP contribution in [0.4, 0.5) is 16.5 Å². The first-order chi connectivity index (χ1) is 16.0. The highest BCUT2D eigenvalue weighted by Gasteiger charge is 2.27. The SMILES string of the molecule is CCc1ccc(N(C(C)=O)c2nc(COC(=O)CN3C(=O)COc4ccccc43)cs2)cc1. The topological polar surface area (TPSA) is 89.0 Å². The second-order valence-corrected chi connectivity index (χ2v) is 8.23. The van der Waals surface area contributed by atoms with Crippen molar-refractivity contribution in [3.05, 3.63) is 65.2 Å². The summed E-state index contributed by atoms with van der Waals surface area (Å²) in [7, 11) is 0. The van der Waals surface area contributed by atoms with Gasteiger partial charge in [-0.3, -0.25) is 24.2 Å². The summed E-state index contributed by atoms with van der Waals surface area (Å²) in [5.74, 6) is -0.493. The average Bonchev–Trinajstić information content (AvgIpc) is 3.28. The Morgan fingerprint density at radius 1 is 1.18 bits per heavy atom. The molecule has 1 aliphatic rings. The van der Waals surface area contributed by atoms with Crippen molar-refractivity contribution in [1.82, 2.24) is 4.98 Å². The van der Waals surface area contributed by atoms with E-state index in [0.717, 1.165) is 12.1 Å². The average molecular weight is 466 g/mol. The van der Waals surface area contributed by atoms with E-state index >= 15 is 0 Å². The number of thiazole rings is 1. The molecule has 0 atom stereocenters. The number of fused-ring (bicyclic) bond motifs is 1. The van der Waals surface area contributed by atoms with Crippen molar-refractivity contribution in [2.75, 3.05) is 23.0 Å². The minimum Gasteiger partial charge on any atom is -0.482 e. The summed E-state index contributed by atoms with van der Waals surface area (Å²) in [5.41, 5.74) is 2.96. The molecule has 2 heterocycles. The van der Waals surface area contributed by atoms with Crippen LogP contribution < -0.4 is 14.5 Å². The Bertz CT molecular complexity index is 1170. The van der Waals surface area contributed by atoms with Crippen LogP contribution in [0.25, 0.3) is 0 Å². The van der Waals surface area contributed by atoms with Gasteiger partial charge in [-0.2, -0.15) is 0 Å². The molecule has 33 heavy (non-hydrogen) atoms. The highest BCUT2D eigenvalue weighted by molar-refractivity contribution is 7.14. The van der Waals surface area contributed by atoms with Crippen molar-refractivity contribution in [3.63, 3.8) is 0 Å². The van der Waals surface area contributed by atoms with Crippen LogP contribution in [0, 0.1) is 0 Å². The number of hydrogen-bond acceptors (Lipinski definition) is 7. The van der Waals surface area contributed by atoms with Crippen LogP contribution in [0.5, 0.6) is 5.75 Å². The monoisotopic (exact) mass is 465 g/mol. The molecule has 170 valence electrons. The third-order valence-electron chi connectivity index (χ3n) is 5.13. The lowest BCUT2D eigenvalue weighted by molar-refractivity contribution is -0.144. The summed E-state index contributed by atoms with van der Waals surface area (Å²) in [4.78, 5) is 44.3. The molecule has 0 fully saturated rings. The van der Waals surface area contributed by atoms with E-state index in [1.54, 1.807) is 29.6 Å². The highest BCUT2D eigenvalue weighted by atomic mass is 32.1. The maximum atomic E-state index is 12.4. The summed E-state index contributed by atoms with van der Waals surface area (Å²) >= 11 is 1.29. The number of para-hydroxylation sites is 2. The molecule has 0 spiro atoms. The molecule has 9 heteroatoms. The van der Waals surface area contributed by atoms with Gasteiger partial charge in [0.25, 0.3) is 5.91 Å². The van der Waals surface area contributed by atoms with Gasteiger partial charge in [0.1, 0.15) is 18.9 Å². The zero-order valence-electron chi connectivity index (χ0n) is 18.3. The molecule has 0 saturated carbocycles. The molecular formula is C24H23N3O5S. The van der Waals surface area contributed by atoms with E-state index < -0.39 is 5.97 Å². The summed E-state index contributed by atoms with van der Waals surface area (Å²) < 4.78 is 10.7. The number of esters is 1. The zero-order valence-corrected chi connectivity index (χ0v) is 19.1. The fraction of sp³-hybridized carbons (Fsp3) is 0.250. The van der Waals surface area contributed by atoms with Crippen LogP contribution >= 0.6 is 11.3 Å². The van der Waals surface area contributed by atoms with Crippen molar-refractivity contribution in [2.24, 2.45) is 0 Å². The summed E-state index contributed by atoms with van der Waals surface area (Å²) in [6, 6.07) is 14.8. The van der Waals surface area contributed by atoms with E-state index in [2.05, 4.69) is 11.9 Å². The van der Waals surface area contributed by atoms with Gasteiger partial charge in [-0.15, -0.1) is 11.3 Å². The molecule has 1 aromatic heterocycles. The number of carbonyl (C=O) groups excluding carboxylic acids is 3. The fourth-order valence-corrected chi connectivity index (χ4v) is 4.30. The van der Waals surface area contributed by atoms with Gasteiger partial charge in [0.15, 0.2) is 11.7 Å². The van der Waals surface area contributed by atoms with Crippen molar-refractivity contribution >= 4 is 45.6 Å². The molecule has 2 aromatic carbocycles. The Morgan fingerprint density at radius 2 is 1.94 bits per heavy atom. The van der Waals surface area contributed by atoms with E-state index in [-0.39, 0.29) is 31.6 Å². The minimum atomic E-state index is -0.562. The third kappa shape index (κ3) is 5.04.